The molecule has 0 bridgehead atoms. The van der Waals surface area contributed by atoms with Crippen LogP contribution in [0.2, 0.25) is 0 Å². The van der Waals surface area contributed by atoms with Crippen LogP contribution in [0.4, 0.5) is 5.69 Å². The maximum absolute atomic E-state index is 12.7. The van der Waals surface area contributed by atoms with Gasteiger partial charge in [-0.1, -0.05) is 24.3 Å². The van der Waals surface area contributed by atoms with E-state index in [1.807, 2.05) is 69.3 Å². The van der Waals surface area contributed by atoms with E-state index in [9.17, 15) is 4.79 Å². The zero-order valence-electron chi connectivity index (χ0n) is 16.7. The minimum Gasteiger partial charge on any atom is -0.492 e. The van der Waals surface area contributed by atoms with Gasteiger partial charge in [-0.25, -0.2) is 0 Å². The van der Waals surface area contributed by atoms with Gasteiger partial charge in [0.1, 0.15) is 11.5 Å². The van der Waals surface area contributed by atoms with Crippen LogP contribution in [0.3, 0.4) is 0 Å². The van der Waals surface area contributed by atoms with Crippen molar-refractivity contribution in [2.75, 3.05) is 11.9 Å². The van der Waals surface area contributed by atoms with Crippen molar-refractivity contribution >= 4 is 11.6 Å². The molecule has 0 aliphatic carbocycles. The van der Waals surface area contributed by atoms with Crippen LogP contribution in [0.1, 0.15) is 25.2 Å². The number of amides is 1. The Morgan fingerprint density at radius 2 is 1.57 bits per heavy atom. The molecular formula is C23H26N2O3. The number of hydrogen-bond acceptors (Lipinski definition) is 3. The third-order valence-electron chi connectivity index (χ3n) is 4.50. The lowest BCUT2D eigenvalue weighted by molar-refractivity contribution is -0.122. The number of anilines is 1. The first-order chi connectivity index (χ1) is 13.5. The molecule has 0 spiro atoms. The van der Waals surface area contributed by atoms with E-state index in [1.54, 1.807) is 6.92 Å². The van der Waals surface area contributed by atoms with Gasteiger partial charge in [-0.15, -0.1) is 0 Å². The van der Waals surface area contributed by atoms with Crippen molar-refractivity contribution in [3.63, 3.8) is 0 Å². The van der Waals surface area contributed by atoms with Gasteiger partial charge in [0.25, 0.3) is 5.91 Å². The molecule has 0 saturated heterocycles. The Hall–Kier alpha value is -3.21. The van der Waals surface area contributed by atoms with Crippen molar-refractivity contribution in [3.05, 3.63) is 72.1 Å². The monoisotopic (exact) mass is 378 g/mol. The topological polar surface area (TPSA) is 52.5 Å². The van der Waals surface area contributed by atoms with E-state index in [4.69, 9.17) is 9.47 Å². The Morgan fingerprint density at radius 3 is 2.25 bits per heavy atom. The average Bonchev–Trinajstić information content (AvgIpc) is 3.02. The van der Waals surface area contributed by atoms with Gasteiger partial charge >= 0.3 is 0 Å². The van der Waals surface area contributed by atoms with Crippen LogP contribution in [0, 0.1) is 13.8 Å². The summed E-state index contributed by atoms with van der Waals surface area (Å²) in [6, 6.07) is 19.2. The summed E-state index contributed by atoms with van der Waals surface area (Å²) in [5, 5.41) is 2.90. The number of aromatic nitrogens is 1. The maximum Gasteiger partial charge on any atom is 0.265 e. The highest BCUT2D eigenvalue weighted by molar-refractivity contribution is 5.95. The fraction of sp³-hybridized carbons (Fsp3) is 0.261. The Bertz CT molecular complexity index is 942. The molecule has 1 amide bonds. The van der Waals surface area contributed by atoms with Crippen molar-refractivity contribution in [1.29, 1.82) is 0 Å². The third kappa shape index (κ3) is 4.19. The molecule has 5 nitrogen and oxygen atoms in total. The second kappa shape index (κ2) is 8.65. The lowest BCUT2D eigenvalue weighted by Gasteiger charge is -2.20. The molecule has 0 aliphatic rings. The van der Waals surface area contributed by atoms with Crippen molar-refractivity contribution in [3.8, 4) is 17.2 Å². The molecule has 3 aromatic rings. The number of carbonyl (C=O) groups excluding carboxylic acids is 1. The lowest BCUT2D eigenvalue weighted by Crippen LogP contribution is -2.30. The fourth-order valence-electron chi connectivity index (χ4n) is 3.12. The van der Waals surface area contributed by atoms with Crippen molar-refractivity contribution < 1.29 is 14.3 Å². The van der Waals surface area contributed by atoms with Crippen LogP contribution in [0.15, 0.2) is 60.7 Å². The largest absolute Gasteiger partial charge is 0.492 e. The molecule has 0 saturated carbocycles. The van der Waals surface area contributed by atoms with Crippen molar-refractivity contribution in [2.24, 2.45) is 0 Å². The number of ether oxygens (including phenoxy) is 2. The van der Waals surface area contributed by atoms with E-state index < -0.39 is 6.10 Å². The van der Waals surface area contributed by atoms with E-state index >= 15 is 0 Å². The highest BCUT2D eigenvalue weighted by Crippen LogP contribution is 2.28. The van der Waals surface area contributed by atoms with Crippen LogP contribution >= 0.6 is 0 Å². The van der Waals surface area contributed by atoms with E-state index in [1.165, 1.54) is 0 Å². The second-order valence-electron chi connectivity index (χ2n) is 6.60. The molecule has 3 rings (SSSR count). The Balaban J connectivity index is 1.79. The number of aryl methyl sites for hydroxylation is 2. The summed E-state index contributed by atoms with van der Waals surface area (Å²) in [4.78, 5) is 12.7. The minimum atomic E-state index is -0.674. The third-order valence-corrected chi connectivity index (χ3v) is 4.50. The Morgan fingerprint density at radius 1 is 0.964 bits per heavy atom. The van der Waals surface area contributed by atoms with Crippen LogP contribution in [-0.4, -0.2) is 23.2 Å². The van der Waals surface area contributed by atoms with Crippen LogP contribution in [0.25, 0.3) is 5.69 Å². The number of nitrogens with one attached hydrogen (secondary N) is 1. The van der Waals surface area contributed by atoms with Gasteiger partial charge in [-0.2, -0.15) is 0 Å². The first-order valence-electron chi connectivity index (χ1n) is 9.45. The number of para-hydroxylation sites is 4. The molecule has 0 radical (unpaired) electrons. The predicted octanol–water partition coefficient (Wildman–Crippen LogP) is 4.90. The van der Waals surface area contributed by atoms with Crippen molar-refractivity contribution in [2.45, 2.75) is 33.8 Å². The molecule has 0 fully saturated rings. The van der Waals surface area contributed by atoms with Crippen LogP contribution < -0.4 is 14.8 Å². The number of rotatable bonds is 7. The molecule has 1 N–H and O–H groups in total. The highest BCUT2D eigenvalue weighted by atomic mass is 16.5. The van der Waals surface area contributed by atoms with Crippen molar-refractivity contribution in [1.82, 2.24) is 4.57 Å². The molecule has 5 heteroatoms. The smallest absolute Gasteiger partial charge is 0.265 e. The number of benzene rings is 2. The maximum atomic E-state index is 12.7. The number of carbonyl (C=O) groups is 1. The minimum absolute atomic E-state index is 0.233. The predicted molar refractivity (Wildman–Crippen MR) is 112 cm³/mol. The first-order valence-corrected chi connectivity index (χ1v) is 9.45. The molecule has 2 aromatic carbocycles. The first kappa shape index (κ1) is 19.5. The molecule has 146 valence electrons. The van der Waals surface area contributed by atoms with Gasteiger partial charge < -0.3 is 19.4 Å². The number of hydrogen-bond donors (Lipinski definition) is 1. The SMILES string of the molecule is CCOc1ccccc1NC(=O)C(C)Oc1ccccc1-n1c(C)ccc1C. The summed E-state index contributed by atoms with van der Waals surface area (Å²) in [5.41, 5.74) is 3.76. The summed E-state index contributed by atoms with van der Waals surface area (Å²) in [5.74, 6) is 1.07. The number of nitrogens with zero attached hydrogens (tertiary/aromatic N) is 1. The standard InChI is InChI=1S/C23H26N2O3/c1-5-27-21-12-8-6-10-19(21)24-23(26)18(4)28-22-13-9-7-11-20(22)25-16(2)14-15-17(25)3/h6-15,18H,5H2,1-4H3,(H,24,26). The van der Waals surface area contributed by atoms with Gasteiger partial charge in [-0.05, 0) is 64.1 Å². The molecule has 28 heavy (non-hydrogen) atoms. The molecular weight excluding hydrogens is 352 g/mol. The van der Waals surface area contributed by atoms with Crippen LogP contribution in [-0.2, 0) is 4.79 Å². The van der Waals surface area contributed by atoms with Gasteiger partial charge in [-0.3, -0.25) is 4.79 Å². The second-order valence-corrected chi connectivity index (χ2v) is 6.60. The van der Waals surface area contributed by atoms with E-state index in [0.29, 0.717) is 23.8 Å². The van der Waals surface area contributed by atoms with Gasteiger partial charge in [0, 0.05) is 11.4 Å². The van der Waals surface area contributed by atoms with E-state index in [-0.39, 0.29) is 5.91 Å². The Labute approximate surface area is 165 Å². The molecule has 1 aromatic heterocycles. The lowest BCUT2D eigenvalue weighted by atomic mass is 10.2. The van der Waals surface area contributed by atoms with Gasteiger partial charge in [0.05, 0.1) is 18.0 Å². The normalized spacial score (nSPS) is 11.7. The molecule has 1 heterocycles. The quantitative estimate of drug-likeness (QED) is 0.636. The molecule has 0 aliphatic heterocycles. The Kier molecular flexibility index (Phi) is 6.04. The zero-order chi connectivity index (χ0) is 20.1. The summed E-state index contributed by atoms with van der Waals surface area (Å²) >= 11 is 0. The summed E-state index contributed by atoms with van der Waals surface area (Å²) in [6.07, 6.45) is -0.674. The molecule has 1 atom stereocenters. The summed E-state index contributed by atoms with van der Waals surface area (Å²) in [6.45, 7) is 8.27. The summed E-state index contributed by atoms with van der Waals surface area (Å²) < 4.78 is 13.7. The summed E-state index contributed by atoms with van der Waals surface area (Å²) in [7, 11) is 0. The fourth-order valence-corrected chi connectivity index (χ4v) is 3.12. The average molecular weight is 378 g/mol. The van der Waals surface area contributed by atoms with E-state index in [2.05, 4.69) is 22.0 Å². The van der Waals surface area contributed by atoms with E-state index in [0.717, 1.165) is 17.1 Å². The van der Waals surface area contributed by atoms with Gasteiger partial charge in [0.2, 0.25) is 0 Å². The zero-order valence-corrected chi connectivity index (χ0v) is 16.7. The highest BCUT2D eigenvalue weighted by Gasteiger charge is 2.19. The van der Waals surface area contributed by atoms with Crippen LogP contribution in [0.5, 0.6) is 11.5 Å². The van der Waals surface area contributed by atoms with Gasteiger partial charge in [0.15, 0.2) is 6.10 Å². The molecule has 1 unspecified atom stereocenters.